The van der Waals surface area contributed by atoms with Crippen molar-refractivity contribution in [3.8, 4) is 0 Å². The highest BCUT2D eigenvalue weighted by Crippen LogP contribution is 2.37. The smallest absolute Gasteiger partial charge is 0.230 e. The maximum atomic E-state index is 12.6. The second kappa shape index (κ2) is 4.23. The van der Waals surface area contributed by atoms with Crippen LogP contribution in [0.2, 0.25) is 0 Å². The van der Waals surface area contributed by atoms with Gasteiger partial charge in [-0.1, -0.05) is 18.2 Å². The first-order chi connectivity index (χ1) is 9.74. The zero-order valence-corrected chi connectivity index (χ0v) is 11.7. The van der Waals surface area contributed by atoms with Crippen LogP contribution in [0.4, 0.5) is 5.69 Å². The zero-order chi connectivity index (χ0) is 13.7. The summed E-state index contributed by atoms with van der Waals surface area (Å²) in [6, 6.07) is 10.5. The van der Waals surface area contributed by atoms with Gasteiger partial charge in [0.1, 0.15) is 0 Å². The lowest BCUT2D eigenvalue weighted by molar-refractivity contribution is -0.119. The standard InChI is InChI=1S/C17H18N2O/c1-18-9-8-14-11-19(17(20)12-6-7-12)15-5-3-2-4-13(15)10-16(14)18/h2-5,8-9,12H,6-7,10-11H2,1H3. The van der Waals surface area contributed by atoms with Gasteiger partial charge < -0.3 is 9.47 Å². The summed E-state index contributed by atoms with van der Waals surface area (Å²) in [4.78, 5) is 14.6. The molecule has 0 atom stereocenters. The predicted octanol–water partition coefficient (Wildman–Crippen LogP) is 2.87. The monoisotopic (exact) mass is 266 g/mol. The number of fused-ring (bicyclic) bond motifs is 2. The quantitative estimate of drug-likeness (QED) is 0.779. The van der Waals surface area contributed by atoms with E-state index in [2.05, 4.69) is 42.1 Å². The highest BCUT2D eigenvalue weighted by atomic mass is 16.2. The van der Waals surface area contributed by atoms with E-state index < -0.39 is 0 Å². The van der Waals surface area contributed by atoms with Crippen molar-refractivity contribution in [2.45, 2.75) is 25.8 Å². The molecule has 1 amide bonds. The van der Waals surface area contributed by atoms with Gasteiger partial charge in [0, 0.05) is 37.0 Å². The molecule has 4 rings (SSSR count). The number of rotatable bonds is 1. The van der Waals surface area contributed by atoms with Gasteiger partial charge in [0.05, 0.1) is 6.54 Å². The number of amides is 1. The molecule has 0 radical (unpaired) electrons. The molecular formula is C17H18N2O. The molecular weight excluding hydrogens is 248 g/mol. The third-order valence-corrected chi connectivity index (χ3v) is 4.46. The topological polar surface area (TPSA) is 25.2 Å². The van der Waals surface area contributed by atoms with Crippen LogP contribution in [-0.4, -0.2) is 10.5 Å². The molecule has 1 aromatic carbocycles. The normalized spacial score (nSPS) is 17.4. The summed E-state index contributed by atoms with van der Waals surface area (Å²) in [7, 11) is 2.08. The number of para-hydroxylation sites is 1. The minimum absolute atomic E-state index is 0.258. The van der Waals surface area contributed by atoms with Crippen molar-refractivity contribution in [3.05, 3.63) is 53.3 Å². The molecule has 3 heteroatoms. The maximum Gasteiger partial charge on any atom is 0.230 e. The van der Waals surface area contributed by atoms with E-state index in [0.29, 0.717) is 12.5 Å². The summed E-state index contributed by atoms with van der Waals surface area (Å²) in [5.74, 6) is 0.558. The van der Waals surface area contributed by atoms with Crippen LogP contribution in [0.5, 0.6) is 0 Å². The summed E-state index contributed by atoms with van der Waals surface area (Å²) in [6.45, 7) is 0.711. The Morgan fingerprint density at radius 3 is 2.75 bits per heavy atom. The Morgan fingerprint density at radius 2 is 1.95 bits per heavy atom. The third-order valence-electron chi connectivity index (χ3n) is 4.46. The number of benzene rings is 1. The second-order valence-electron chi connectivity index (χ2n) is 5.90. The van der Waals surface area contributed by atoms with Crippen molar-refractivity contribution in [2.75, 3.05) is 4.90 Å². The lowest BCUT2D eigenvalue weighted by Crippen LogP contribution is -2.31. The van der Waals surface area contributed by atoms with E-state index in [1.54, 1.807) is 0 Å². The third kappa shape index (κ3) is 1.77. The van der Waals surface area contributed by atoms with Crippen molar-refractivity contribution in [1.82, 2.24) is 4.57 Å². The largest absolute Gasteiger partial charge is 0.354 e. The average molecular weight is 266 g/mol. The molecule has 102 valence electrons. The fourth-order valence-electron chi connectivity index (χ4n) is 3.10. The highest BCUT2D eigenvalue weighted by molar-refractivity contribution is 5.97. The van der Waals surface area contributed by atoms with Crippen molar-refractivity contribution >= 4 is 11.6 Å². The Balaban J connectivity index is 1.84. The van der Waals surface area contributed by atoms with Crippen LogP contribution in [0.1, 0.15) is 29.7 Å². The van der Waals surface area contributed by atoms with Crippen LogP contribution in [0.25, 0.3) is 0 Å². The Hall–Kier alpha value is -2.03. The van der Waals surface area contributed by atoms with Crippen molar-refractivity contribution in [2.24, 2.45) is 13.0 Å². The number of aromatic nitrogens is 1. The molecule has 1 aliphatic carbocycles. The second-order valence-corrected chi connectivity index (χ2v) is 5.90. The number of hydrogen-bond donors (Lipinski definition) is 0. The van der Waals surface area contributed by atoms with Crippen LogP contribution in [0, 0.1) is 5.92 Å². The molecule has 1 aromatic heterocycles. The van der Waals surface area contributed by atoms with Crippen LogP contribution in [-0.2, 0) is 24.8 Å². The van der Waals surface area contributed by atoms with Gasteiger partial charge in [0.15, 0.2) is 0 Å². The fourth-order valence-corrected chi connectivity index (χ4v) is 3.10. The number of carbonyl (C=O) groups is 1. The summed E-state index contributed by atoms with van der Waals surface area (Å²) >= 11 is 0. The van der Waals surface area contributed by atoms with Gasteiger partial charge in [-0.3, -0.25) is 4.79 Å². The lowest BCUT2D eigenvalue weighted by atomic mass is 10.1. The molecule has 20 heavy (non-hydrogen) atoms. The number of aryl methyl sites for hydroxylation is 1. The van der Waals surface area contributed by atoms with Gasteiger partial charge in [-0.25, -0.2) is 0 Å². The van der Waals surface area contributed by atoms with Gasteiger partial charge in [0.25, 0.3) is 0 Å². The number of carbonyl (C=O) groups excluding carboxylic acids is 1. The zero-order valence-electron chi connectivity index (χ0n) is 11.7. The Morgan fingerprint density at radius 1 is 1.15 bits per heavy atom. The first kappa shape index (κ1) is 11.8. The molecule has 3 nitrogen and oxygen atoms in total. The molecule has 2 aromatic rings. The molecule has 0 unspecified atom stereocenters. The van der Waals surface area contributed by atoms with E-state index in [0.717, 1.165) is 24.9 Å². The van der Waals surface area contributed by atoms with Crippen LogP contribution in [0.3, 0.4) is 0 Å². The Bertz CT molecular complexity index is 682. The number of anilines is 1. The maximum absolute atomic E-state index is 12.6. The van der Waals surface area contributed by atoms with Gasteiger partial charge in [-0.2, -0.15) is 0 Å². The SMILES string of the molecule is Cn1ccc2c1Cc1ccccc1N(C(=O)C1CC1)C2. The lowest BCUT2D eigenvalue weighted by Gasteiger charge is -2.23. The molecule has 2 aliphatic rings. The molecule has 1 aliphatic heterocycles. The van der Waals surface area contributed by atoms with Crippen molar-refractivity contribution in [1.29, 1.82) is 0 Å². The number of hydrogen-bond acceptors (Lipinski definition) is 1. The summed E-state index contributed by atoms with van der Waals surface area (Å²) in [5, 5.41) is 0. The van der Waals surface area contributed by atoms with Gasteiger partial charge in [-0.15, -0.1) is 0 Å². The van der Waals surface area contributed by atoms with Crippen LogP contribution < -0.4 is 4.90 Å². The molecule has 0 N–H and O–H groups in total. The van der Waals surface area contributed by atoms with E-state index in [-0.39, 0.29) is 5.92 Å². The molecule has 2 heterocycles. The Kier molecular flexibility index (Phi) is 2.49. The molecule has 1 saturated carbocycles. The van der Waals surface area contributed by atoms with E-state index in [4.69, 9.17) is 0 Å². The van der Waals surface area contributed by atoms with Gasteiger partial charge >= 0.3 is 0 Å². The first-order valence-corrected chi connectivity index (χ1v) is 7.26. The molecule has 0 bridgehead atoms. The fraction of sp³-hybridized carbons (Fsp3) is 0.353. The average Bonchev–Trinajstić information content (AvgIpc) is 3.26. The Labute approximate surface area is 118 Å². The molecule has 1 fully saturated rings. The van der Waals surface area contributed by atoms with Crippen LogP contribution >= 0.6 is 0 Å². The minimum atomic E-state index is 0.258. The van der Waals surface area contributed by atoms with E-state index >= 15 is 0 Å². The first-order valence-electron chi connectivity index (χ1n) is 7.26. The van der Waals surface area contributed by atoms with E-state index in [1.165, 1.54) is 16.8 Å². The highest BCUT2D eigenvalue weighted by Gasteiger charge is 2.36. The van der Waals surface area contributed by atoms with Crippen molar-refractivity contribution in [3.63, 3.8) is 0 Å². The summed E-state index contributed by atoms with van der Waals surface area (Å²) in [6.07, 6.45) is 5.11. The van der Waals surface area contributed by atoms with Crippen LogP contribution in [0.15, 0.2) is 36.5 Å². The number of nitrogens with zero attached hydrogens (tertiary/aromatic N) is 2. The van der Waals surface area contributed by atoms with Gasteiger partial charge in [-0.05, 0) is 36.1 Å². The predicted molar refractivity (Wildman–Crippen MR) is 78.6 cm³/mol. The minimum Gasteiger partial charge on any atom is -0.354 e. The summed E-state index contributed by atoms with van der Waals surface area (Å²) < 4.78 is 2.18. The molecule has 0 spiro atoms. The summed E-state index contributed by atoms with van der Waals surface area (Å²) in [5.41, 5.74) is 4.95. The van der Waals surface area contributed by atoms with E-state index in [9.17, 15) is 4.79 Å². The molecule has 0 saturated heterocycles. The van der Waals surface area contributed by atoms with Crippen molar-refractivity contribution < 1.29 is 4.79 Å². The van der Waals surface area contributed by atoms with Gasteiger partial charge in [0.2, 0.25) is 5.91 Å². The van der Waals surface area contributed by atoms with E-state index in [1.807, 2.05) is 11.0 Å².